The summed E-state index contributed by atoms with van der Waals surface area (Å²) < 4.78 is 42.5. The first-order valence-electron chi connectivity index (χ1n) is 6.69. The quantitative estimate of drug-likeness (QED) is 0.839. The van der Waals surface area contributed by atoms with E-state index in [-0.39, 0.29) is 17.0 Å². The van der Waals surface area contributed by atoms with Crippen molar-refractivity contribution in [2.45, 2.75) is 6.18 Å². The number of hydrogen-bond acceptors (Lipinski definition) is 4. The summed E-state index contributed by atoms with van der Waals surface area (Å²) in [5, 5.41) is 11.3. The smallest absolute Gasteiger partial charge is 0.416 e. The number of phenolic OH excluding ortho intramolecular Hbond substituents is 1. The molecular formula is C16H12F3NO4. The molecule has 2 aromatic carbocycles. The van der Waals surface area contributed by atoms with Gasteiger partial charge in [-0.15, -0.1) is 0 Å². The number of rotatable bonds is 4. The molecule has 0 aliphatic rings. The maximum Gasteiger partial charge on any atom is 0.416 e. The first-order chi connectivity index (χ1) is 11.3. The van der Waals surface area contributed by atoms with Crippen molar-refractivity contribution in [3.05, 3.63) is 59.7 Å². The number of ether oxygens (including phenoxy) is 1. The van der Waals surface area contributed by atoms with Gasteiger partial charge in [0.05, 0.1) is 11.1 Å². The molecule has 0 atom stereocenters. The lowest BCUT2D eigenvalue weighted by molar-refractivity contribution is -0.137. The molecule has 0 radical (unpaired) electrons. The van der Waals surface area contributed by atoms with Gasteiger partial charge in [0, 0.05) is 5.69 Å². The van der Waals surface area contributed by atoms with Crippen LogP contribution in [0.5, 0.6) is 5.75 Å². The van der Waals surface area contributed by atoms with Crippen LogP contribution in [0, 0.1) is 0 Å². The number of esters is 1. The minimum Gasteiger partial charge on any atom is -0.508 e. The zero-order valence-electron chi connectivity index (χ0n) is 12.1. The second-order valence-electron chi connectivity index (χ2n) is 4.75. The highest BCUT2D eigenvalue weighted by molar-refractivity contribution is 5.95. The molecule has 0 aromatic heterocycles. The van der Waals surface area contributed by atoms with Gasteiger partial charge in [0.15, 0.2) is 6.61 Å². The molecule has 0 spiro atoms. The van der Waals surface area contributed by atoms with Gasteiger partial charge in [0.2, 0.25) is 0 Å². The summed E-state index contributed by atoms with van der Waals surface area (Å²) in [5.74, 6) is -1.61. The topological polar surface area (TPSA) is 75.6 Å². The van der Waals surface area contributed by atoms with E-state index in [4.69, 9.17) is 9.84 Å². The van der Waals surface area contributed by atoms with Crippen LogP contribution in [-0.4, -0.2) is 23.6 Å². The molecule has 0 bridgehead atoms. The summed E-state index contributed by atoms with van der Waals surface area (Å²) in [6, 6.07) is 9.26. The van der Waals surface area contributed by atoms with E-state index in [0.717, 1.165) is 18.2 Å². The number of carbonyl (C=O) groups excluding carboxylic acids is 2. The molecule has 0 aliphatic heterocycles. The van der Waals surface area contributed by atoms with Crippen LogP contribution in [0.25, 0.3) is 0 Å². The van der Waals surface area contributed by atoms with Crippen LogP contribution >= 0.6 is 0 Å². The molecule has 0 aliphatic carbocycles. The number of benzene rings is 2. The molecule has 0 heterocycles. The molecule has 0 unspecified atom stereocenters. The Balaban J connectivity index is 1.92. The van der Waals surface area contributed by atoms with E-state index in [1.54, 1.807) is 0 Å². The van der Waals surface area contributed by atoms with Crippen LogP contribution in [0.15, 0.2) is 48.5 Å². The second-order valence-corrected chi connectivity index (χ2v) is 4.75. The molecule has 2 rings (SSSR count). The maximum absolute atomic E-state index is 12.6. The molecule has 0 saturated carbocycles. The summed E-state index contributed by atoms with van der Waals surface area (Å²) in [6.07, 6.45) is -4.52. The van der Waals surface area contributed by atoms with Crippen molar-refractivity contribution >= 4 is 17.6 Å². The van der Waals surface area contributed by atoms with Gasteiger partial charge in [0.25, 0.3) is 5.91 Å². The van der Waals surface area contributed by atoms with Crippen molar-refractivity contribution in [1.82, 2.24) is 0 Å². The lowest BCUT2D eigenvalue weighted by Gasteiger charge is -2.10. The monoisotopic (exact) mass is 339 g/mol. The summed E-state index contributed by atoms with van der Waals surface area (Å²) >= 11 is 0. The Labute approximate surface area is 134 Å². The number of phenols is 1. The number of carbonyl (C=O) groups is 2. The standard InChI is InChI=1S/C16H12F3NO4/c17-16(18,19)11-2-1-3-12(8-11)20-14(22)9-24-15(23)10-4-6-13(21)7-5-10/h1-8,21H,9H2,(H,20,22). The van der Waals surface area contributed by atoms with Crippen LogP contribution in [0.3, 0.4) is 0 Å². The van der Waals surface area contributed by atoms with Gasteiger partial charge in [-0.3, -0.25) is 4.79 Å². The van der Waals surface area contributed by atoms with Crippen LogP contribution in [-0.2, 0) is 15.7 Å². The summed E-state index contributed by atoms with van der Waals surface area (Å²) in [6.45, 7) is -0.657. The predicted molar refractivity (Wildman–Crippen MR) is 78.5 cm³/mol. The van der Waals surface area contributed by atoms with E-state index < -0.39 is 30.2 Å². The zero-order valence-corrected chi connectivity index (χ0v) is 12.1. The third-order valence-corrected chi connectivity index (χ3v) is 2.91. The Kier molecular flexibility index (Phi) is 5.08. The molecule has 0 saturated heterocycles. The Morgan fingerprint density at radius 3 is 2.38 bits per heavy atom. The number of anilines is 1. The Morgan fingerprint density at radius 1 is 1.08 bits per heavy atom. The number of nitrogens with one attached hydrogen (secondary N) is 1. The SMILES string of the molecule is O=C(COC(=O)c1ccc(O)cc1)Nc1cccc(C(F)(F)F)c1. The highest BCUT2D eigenvalue weighted by Crippen LogP contribution is 2.30. The minimum atomic E-state index is -4.52. The lowest BCUT2D eigenvalue weighted by atomic mass is 10.2. The van der Waals surface area contributed by atoms with Crippen molar-refractivity contribution in [2.24, 2.45) is 0 Å². The molecule has 24 heavy (non-hydrogen) atoms. The first kappa shape index (κ1) is 17.3. The molecule has 5 nitrogen and oxygen atoms in total. The molecule has 0 fully saturated rings. The third-order valence-electron chi connectivity index (χ3n) is 2.91. The van der Waals surface area contributed by atoms with Crippen LogP contribution < -0.4 is 5.32 Å². The van der Waals surface area contributed by atoms with E-state index in [1.807, 2.05) is 0 Å². The van der Waals surface area contributed by atoms with Crippen molar-refractivity contribution in [1.29, 1.82) is 0 Å². The number of amides is 1. The molecule has 8 heteroatoms. The van der Waals surface area contributed by atoms with Crippen LogP contribution in [0.4, 0.5) is 18.9 Å². The maximum atomic E-state index is 12.6. The van der Waals surface area contributed by atoms with E-state index in [0.29, 0.717) is 0 Å². The molecule has 2 N–H and O–H groups in total. The van der Waals surface area contributed by atoms with Gasteiger partial charge >= 0.3 is 12.1 Å². The van der Waals surface area contributed by atoms with Crippen molar-refractivity contribution in [3.8, 4) is 5.75 Å². The zero-order chi connectivity index (χ0) is 17.7. The fraction of sp³-hybridized carbons (Fsp3) is 0.125. The Morgan fingerprint density at radius 2 is 1.75 bits per heavy atom. The summed E-state index contributed by atoms with van der Waals surface area (Å²) in [4.78, 5) is 23.3. The first-order valence-corrected chi connectivity index (χ1v) is 6.69. The van der Waals surface area contributed by atoms with Gasteiger partial charge < -0.3 is 15.2 Å². The third kappa shape index (κ3) is 4.73. The number of hydrogen-bond donors (Lipinski definition) is 2. The molecule has 2 aromatic rings. The summed E-state index contributed by atoms with van der Waals surface area (Å²) in [7, 11) is 0. The van der Waals surface area contributed by atoms with E-state index in [1.165, 1.54) is 30.3 Å². The fourth-order valence-electron chi connectivity index (χ4n) is 1.78. The van der Waals surface area contributed by atoms with Gasteiger partial charge in [-0.25, -0.2) is 4.79 Å². The van der Waals surface area contributed by atoms with Gasteiger partial charge in [-0.1, -0.05) is 6.07 Å². The van der Waals surface area contributed by atoms with Gasteiger partial charge in [-0.05, 0) is 42.5 Å². The lowest BCUT2D eigenvalue weighted by Crippen LogP contribution is -2.21. The van der Waals surface area contributed by atoms with E-state index in [9.17, 15) is 22.8 Å². The largest absolute Gasteiger partial charge is 0.508 e. The van der Waals surface area contributed by atoms with Gasteiger partial charge in [0.1, 0.15) is 5.75 Å². The van der Waals surface area contributed by atoms with Gasteiger partial charge in [-0.2, -0.15) is 13.2 Å². The highest BCUT2D eigenvalue weighted by atomic mass is 19.4. The van der Waals surface area contributed by atoms with Crippen molar-refractivity contribution in [2.75, 3.05) is 11.9 Å². The molecule has 126 valence electrons. The molecular weight excluding hydrogens is 327 g/mol. The Bertz CT molecular complexity index is 742. The minimum absolute atomic E-state index is 0.0335. The Hall–Kier alpha value is -3.03. The average molecular weight is 339 g/mol. The van der Waals surface area contributed by atoms with Crippen molar-refractivity contribution < 1.29 is 32.6 Å². The normalized spacial score (nSPS) is 11.0. The second kappa shape index (κ2) is 7.03. The predicted octanol–water partition coefficient (Wildman–Crippen LogP) is 3.21. The number of aromatic hydroxyl groups is 1. The fourth-order valence-corrected chi connectivity index (χ4v) is 1.78. The average Bonchev–Trinajstić information content (AvgIpc) is 2.53. The van der Waals surface area contributed by atoms with E-state index in [2.05, 4.69) is 5.32 Å². The van der Waals surface area contributed by atoms with Crippen LogP contribution in [0.1, 0.15) is 15.9 Å². The number of halogens is 3. The molecule has 1 amide bonds. The number of alkyl halides is 3. The summed E-state index contributed by atoms with van der Waals surface area (Å²) in [5.41, 5.74) is -0.837. The highest BCUT2D eigenvalue weighted by Gasteiger charge is 2.30. The van der Waals surface area contributed by atoms with E-state index >= 15 is 0 Å². The van der Waals surface area contributed by atoms with Crippen molar-refractivity contribution in [3.63, 3.8) is 0 Å². The van der Waals surface area contributed by atoms with Crippen LogP contribution in [0.2, 0.25) is 0 Å².